The number of piperidine rings is 1. The lowest BCUT2D eigenvalue weighted by molar-refractivity contribution is 0.206. The molecule has 2 fully saturated rings. The van der Waals surface area contributed by atoms with E-state index in [-0.39, 0.29) is 24.0 Å². The number of likely N-dealkylation sites (tertiary alicyclic amines) is 1. The first kappa shape index (κ1) is 25.0. The van der Waals surface area contributed by atoms with Crippen molar-refractivity contribution in [3.63, 3.8) is 0 Å². The first-order valence-corrected chi connectivity index (χ1v) is 11.4. The van der Waals surface area contributed by atoms with Crippen LogP contribution in [0.15, 0.2) is 29.3 Å². The molecular weight excluding hydrogens is 489 g/mol. The Kier molecular flexibility index (Phi) is 11.1. The van der Waals surface area contributed by atoms with E-state index < -0.39 is 0 Å². The average Bonchev–Trinajstić information content (AvgIpc) is 3.22. The van der Waals surface area contributed by atoms with Gasteiger partial charge >= 0.3 is 0 Å². The van der Waals surface area contributed by atoms with E-state index in [4.69, 9.17) is 9.73 Å². The third kappa shape index (κ3) is 7.18. The molecule has 30 heavy (non-hydrogen) atoms. The normalized spacial score (nSPS) is 20.7. The van der Waals surface area contributed by atoms with E-state index >= 15 is 0 Å². The summed E-state index contributed by atoms with van der Waals surface area (Å²) in [6.07, 6.45) is 4.83. The SMILES string of the molecule is CCCN1CCC(NC(=NCC2CCN(c3ccccc3OC)C2)NCC)CC1.I. The molecule has 1 unspecified atom stereocenters. The molecule has 1 aromatic carbocycles. The molecule has 0 saturated carbocycles. The van der Waals surface area contributed by atoms with Gasteiger partial charge in [-0.1, -0.05) is 19.1 Å². The Bertz CT molecular complexity index is 648. The lowest BCUT2D eigenvalue weighted by atomic mass is 10.1. The van der Waals surface area contributed by atoms with Crippen LogP contribution in [0.1, 0.15) is 39.5 Å². The van der Waals surface area contributed by atoms with Crippen LogP contribution in [0, 0.1) is 5.92 Å². The molecule has 2 saturated heterocycles. The highest BCUT2D eigenvalue weighted by Gasteiger charge is 2.25. The van der Waals surface area contributed by atoms with Crippen LogP contribution in [0.3, 0.4) is 0 Å². The van der Waals surface area contributed by atoms with Crippen molar-refractivity contribution in [2.75, 3.05) is 57.8 Å². The second kappa shape index (κ2) is 13.2. The molecule has 0 bridgehead atoms. The van der Waals surface area contributed by atoms with Gasteiger partial charge in [0.25, 0.3) is 0 Å². The van der Waals surface area contributed by atoms with Crippen LogP contribution in [-0.2, 0) is 0 Å². The largest absolute Gasteiger partial charge is 0.495 e. The minimum Gasteiger partial charge on any atom is -0.495 e. The predicted molar refractivity (Wildman–Crippen MR) is 138 cm³/mol. The van der Waals surface area contributed by atoms with E-state index in [0.29, 0.717) is 12.0 Å². The van der Waals surface area contributed by atoms with Gasteiger partial charge in [0.15, 0.2) is 5.96 Å². The van der Waals surface area contributed by atoms with Crippen LogP contribution in [0.25, 0.3) is 0 Å². The van der Waals surface area contributed by atoms with Gasteiger partial charge in [0, 0.05) is 45.3 Å². The number of aliphatic imine (C=N–C) groups is 1. The molecule has 2 aliphatic rings. The molecule has 170 valence electrons. The molecule has 0 spiro atoms. The summed E-state index contributed by atoms with van der Waals surface area (Å²) in [4.78, 5) is 9.95. The minimum atomic E-state index is 0. The summed E-state index contributed by atoms with van der Waals surface area (Å²) in [6, 6.07) is 8.85. The molecule has 7 heteroatoms. The Labute approximate surface area is 199 Å². The second-order valence-corrected chi connectivity index (χ2v) is 8.25. The lowest BCUT2D eigenvalue weighted by Crippen LogP contribution is -2.48. The van der Waals surface area contributed by atoms with Crippen molar-refractivity contribution in [3.8, 4) is 5.75 Å². The van der Waals surface area contributed by atoms with Crippen molar-refractivity contribution < 1.29 is 4.74 Å². The van der Waals surface area contributed by atoms with Crippen LogP contribution in [0.5, 0.6) is 5.75 Å². The van der Waals surface area contributed by atoms with Crippen molar-refractivity contribution in [1.29, 1.82) is 0 Å². The van der Waals surface area contributed by atoms with Gasteiger partial charge in [-0.05, 0) is 57.2 Å². The summed E-state index contributed by atoms with van der Waals surface area (Å²) in [5, 5.41) is 7.13. The van der Waals surface area contributed by atoms with Gasteiger partial charge in [-0.15, -0.1) is 24.0 Å². The zero-order chi connectivity index (χ0) is 20.5. The third-order valence-electron chi connectivity index (χ3n) is 6.03. The third-order valence-corrected chi connectivity index (χ3v) is 6.03. The number of anilines is 1. The number of methoxy groups -OCH3 is 1. The number of nitrogens with one attached hydrogen (secondary N) is 2. The van der Waals surface area contributed by atoms with E-state index in [9.17, 15) is 0 Å². The van der Waals surface area contributed by atoms with Crippen molar-refractivity contribution in [3.05, 3.63) is 24.3 Å². The summed E-state index contributed by atoms with van der Waals surface area (Å²) in [7, 11) is 1.75. The van der Waals surface area contributed by atoms with Crippen LogP contribution >= 0.6 is 24.0 Å². The number of nitrogens with zero attached hydrogens (tertiary/aromatic N) is 3. The topological polar surface area (TPSA) is 52.1 Å². The van der Waals surface area contributed by atoms with E-state index in [1.165, 1.54) is 51.0 Å². The minimum absolute atomic E-state index is 0. The lowest BCUT2D eigenvalue weighted by Gasteiger charge is -2.32. The molecule has 1 atom stereocenters. The summed E-state index contributed by atoms with van der Waals surface area (Å²) >= 11 is 0. The molecule has 2 N–H and O–H groups in total. The zero-order valence-corrected chi connectivity index (χ0v) is 21.2. The first-order chi connectivity index (χ1) is 14.2. The van der Waals surface area contributed by atoms with Crippen LogP contribution in [0.2, 0.25) is 0 Å². The van der Waals surface area contributed by atoms with E-state index in [0.717, 1.165) is 37.9 Å². The maximum absolute atomic E-state index is 5.54. The summed E-state index contributed by atoms with van der Waals surface area (Å²) in [5.74, 6) is 2.53. The molecule has 6 nitrogen and oxygen atoms in total. The highest BCUT2D eigenvalue weighted by molar-refractivity contribution is 14.0. The number of benzene rings is 1. The molecule has 2 heterocycles. The fourth-order valence-electron chi connectivity index (χ4n) is 4.44. The highest BCUT2D eigenvalue weighted by atomic mass is 127. The Morgan fingerprint density at radius 1 is 1.13 bits per heavy atom. The molecule has 0 aliphatic carbocycles. The van der Waals surface area contributed by atoms with E-state index in [1.807, 2.05) is 12.1 Å². The summed E-state index contributed by atoms with van der Waals surface area (Å²) < 4.78 is 5.54. The number of halogens is 1. The number of para-hydroxylation sites is 2. The van der Waals surface area contributed by atoms with Gasteiger partial charge in [-0.25, -0.2) is 0 Å². The molecular formula is C23H40IN5O. The number of guanidine groups is 1. The van der Waals surface area contributed by atoms with Crippen LogP contribution in [0.4, 0.5) is 5.69 Å². The van der Waals surface area contributed by atoms with Gasteiger partial charge in [-0.2, -0.15) is 0 Å². The van der Waals surface area contributed by atoms with E-state index in [1.54, 1.807) is 7.11 Å². The molecule has 1 aromatic rings. The number of rotatable bonds is 8. The van der Waals surface area contributed by atoms with Crippen molar-refractivity contribution in [1.82, 2.24) is 15.5 Å². The standard InChI is InChI=1S/C23H39N5O.HI/c1-4-13-27-14-11-20(12-15-27)26-23(24-5-2)25-17-19-10-16-28(18-19)21-8-6-7-9-22(21)29-3;/h6-9,19-20H,4-5,10-18H2,1-3H3,(H2,24,25,26);1H. The number of hydrogen-bond donors (Lipinski definition) is 2. The zero-order valence-electron chi connectivity index (χ0n) is 18.9. The Morgan fingerprint density at radius 3 is 2.60 bits per heavy atom. The Morgan fingerprint density at radius 2 is 1.90 bits per heavy atom. The maximum Gasteiger partial charge on any atom is 0.191 e. The monoisotopic (exact) mass is 529 g/mol. The van der Waals surface area contributed by atoms with Gasteiger partial charge in [0.05, 0.1) is 12.8 Å². The van der Waals surface area contributed by atoms with E-state index in [2.05, 4.69) is 46.4 Å². The quantitative estimate of drug-likeness (QED) is 0.307. The highest BCUT2D eigenvalue weighted by Crippen LogP contribution is 2.31. The predicted octanol–water partition coefficient (Wildman–Crippen LogP) is 3.57. The number of ether oxygens (including phenoxy) is 1. The number of hydrogen-bond acceptors (Lipinski definition) is 4. The Hall–Kier alpha value is -1.22. The van der Waals surface area contributed by atoms with Gasteiger partial charge in [0.2, 0.25) is 0 Å². The molecule has 2 aliphatic heterocycles. The Balaban J connectivity index is 0.00000320. The van der Waals surface area contributed by atoms with Crippen molar-refractivity contribution >= 4 is 35.6 Å². The smallest absolute Gasteiger partial charge is 0.191 e. The van der Waals surface area contributed by atoms with Gasteiger partial charge < -0.3 is 25.2 Å². The average molecular weight is 530 g/mol. The fourth-order valence-corrected chi connectivity index (χ4v) is 4.44. The van der Waals surface area contributed by atoms with Gasteiger partial charge in [-0.3, -0.25) is 4.99 Å². The maximum atomic E-state index is 5.54. The second-order valence-electron chi connectivity index (χ2n) is 8.25. The molecule has 0 radical (unpaired) electrons. The summed E-state index contributed by atoms with van der Waals surface area (Å²) in [5.41, 5.74) is 1.20. The summed E-state index contributed by atoms with van der Waals surface area (Å²) in [6.45, 7) is 11.9. The van der Waals surface area contributed by atoms with Crippen molar-refractivity contribution in [2.24, 2.45) is 10.9 Å². The van der Waals surface area contributed by atoms with Crippen LogP contribution < -0.4 is 20.3 Å². The molecule has 3 rings (SSSR count). The molecule has 0 aromatic heterocycles. The van der Waals surface area contributed by atoms with Crippen molar-refractivity contribution in [2.45, 2.75) is 45.6 Å². The first-order valence-electron chi connectivity index (χ1n) is 11.4. The van der Waals surface area contributed by atoms with Crippen LogP contribution in [-0.4, -0.2) is 69.8 Å². The van der Waals surface area contributed by atoms with Gasteiger partial charge in [0.1, 0.15) is 5.75 Å². The molecule has 0 amide bonds. The fraction of sp³-hybridized carbons (Fsp3) is 0.696.